The zero-order chi connectivity index (χ0) is 19.9. The number of fused-ring (bicyclic) bond motifs is 3. The number of hydrogen-bond donors (Lipinski definition) is 0. The molecule has 0 N–H and O–H groups in total. The number of carbonyl (C=O) groups excluding carboxylic acids is 2. The van der Waals surface area contributed by atoms with E-state index in [-0.39, 0.29) is 6.42 Å². The van der Waals surface area contributed by atoms with Gasteiger partial charge in [0.2, 0.25) is 0 Å². The predicted molar refractivity (Wildman–Crippen MR) is 101 cm³/mol. The van der Waals surface area contributed by atoms with Crippen LogP contribution in [0.4, 0.5) is 0 Å². The van der Waals surface area contributed by atoms with Gasteiger partial charge in [0.25, 0.3) is 0 Å². The van der Waals surface area contributed by atoms with Crippen LogP contribution in [0.1, 0.15) is 19.8 Å². The number of hydrogen-bond acceptors (Lipinski definition) is 7. The van der Waals surface area contributed by atoms with Crippen LogP contribution in [0.3, 0.4) is 0 Å². The van der Waals surface area contributed by atoms with Gasteiger partial charge in [-0.1, -0.05) is 0 Å². The molecule has 1 spiro atoms. The van der Waals surface area contributed by atoms with Crippen molar-refractivity contribution in [3.63, 3.8) is 0 Å². The maximum absolute atomic E-state index is 12.5. The number of esters is 2. The molecule has 4 aliphatic rings. The molecule has 0 saturated carbocycles. The van der Waals surface area contributed by atoms with Crippen molar-refractivity contribution in [3.05, 3.63) is 59.8 Å². The van der Waals surface area contributed by atoms with E-state index in [1.807, 2.05) is 30.3 Å². The molecule has 8 heteroatoms. The summed E-state index contributed by atoms with van der Waals surface area (Å²) in [5, 5.41) is 0.628. The summed E-state index contributed by atoms with van der Waals surface area (Å²) in [5.41, 5.74) is -1.01. The summed E-state index contributed by atoms with van der Waals surface area (Å²) in [6, 6.07) is 14.5. The Kier molecular flexibility index (Phi) is 2.88. The molecule has 2 unspecified atom stereocenters. The topological polar surface area (TPSA) is 80.3 Å². The van der Waals surface area contributed by atoms with E-state index in [9.17, 15) is 9.59 Å². The second-order valence-corrected chi connectivity index (χ2v) is 11.3. The number of allylic oxidation sites excluding steroid dienone is 2. The van der Waals surface area contributed by atoms with Gasteiger partial charge in [-0.2, -0.15) is 0 Å². The summed E-state index contributed by atoms with van der Waals surface area (Å²) in [6.07, 6.45) is 2.38. The molecule has 2 aromatic carbocycles. The Bertz CT molecular complexity index is 1030. The van der Waals surface area contributed by atoms with Crippen LogP contribution in [0.5, 0.6) is 23.0 Å². The van der Waals surface area contributed by atoms with E-state index in [0.717, 1.165) is 0 Å². The molecule has 0 amide bonds. The maximum atomic E-state index is 12.5. The van der Waals surface area contributed by atoms with Crippen LogP contribution in [0.2, 0.25) is 0 Å². The van der Waals surface area contributed by atoms with Crippen molar-refractivity contribution in [2.75, 3.05) is 0 Å². The average molecular weight is 409 g/mol. The second-order valence-electron chi connectivity index (χ2n) is 8.03. The van der Waals surface area contributed by atoms with Gasteiger partial charge in [0, 0.05) is 0 Å². The number of carbonyl (C=O) groups is 2. The summed E-state index contributed by atoms with van der Waals surface area (Å²) >= 11 is 0. The molecule has 1 saturated heterocycles. The zero-order valence-corrected chi connectivity index (χ0v) is 16.5. The third kappa shape index (κ3) is 1.96. The van der Waals surface area contributed by atoms with Gasteiger partial charge in [0.05, 0.1) is 0 Å². The summed E-state index contributed by atoms with van der Waals surface area (Å²) in [4.78, 5) is 24.7. The van der Waals surface area contributed by atoms with Crippen LogP contribution in [0, 0.1) is 11.3 Å². The molecule has 7 nitrogen and oxygen atoms in total. The minimum absolute atomic E-state index is 0.192. The van der Waals surface area contributed by atoms with Crippen LogP contribution in [0.25, 0.3) is 0 Å². The molecule has 0 bridgehead atoms. The van der Waals surface area contributed by atoms with Gasteiger partial charge >= 0.3 is 166 Å². The fraction of sp³-hybridized carbons (Fsp3) is 0.238. The fourth-order valence-corrected chi connectivity index (χ4v) is 8.73. The standard InChI is InChI=1S/C21H17O7Si/c1-21-12-13(10-11-14(21)19(22)24-20(21)23)29(25-15-6-2-3-7-16(15)26-29)27-17-8-4-5-9-18(17)28-29/h2-10,14H,11-12H2,1H3/q-1. The molecule has 0 radical (unpaired) electrons. The van der Waals surface area contributed by atoms with E-state index >= 15 is 0 Å². The van der Waals surface area contributed by atoms with Crippen molar-refractivity contribution >= 4 is 20.3 Å². The van der Waals surface area contributed by atoms with Gasteiger partial charge in [-0.25, -0.2) is 0 Å². The van der Waals surface area contributed by atoms with Gasteiger partial charge in [0.15, 0.2) is 0 Å². The molecule has 6 rings (SSSR count). The van der Waals surface area contributed by atoms with Crippen LogP contribution < -0.4 is 17.7 Å². The quantitative estimate of drug-likeness (QED) is 0.406. The Labute approximate surface area is 166 Å². The minimum atomic E-state index is -4.68. The van der Waals surface area contributed by atoms with Gasteiger partial charge in [0.1, 0.15) is 0 Å². The molecule has 148 valence electrons. The first kappa shape index (κ1) is 16.7. The molecule has 0 aromatic heterocycles. The number of cyclic esters (lactones) is 2. The number of ether oxygens (including phenoxy) is 1. The molecule has 2 aromatic rings. The number of rotatable bonds is 1. The van der Waals surface area contributed by atoms with Crippen LogP contribution in [0.15, 0.2) is 59.8 Å². The van der Waals surface area contributed by atoms with Gasteiger partial charge in [-0.05, 0) is 0 Å². The van der Waals surface area contributed by atoms with E-state index in [4.69, 9.17) is 22.4 Å². The molecular weight excluding hydrogens is 392 g/mol. The summed E-state index contributed by atoms with van der Waals surface area (Å²) in [7, 11) is -4.68. The zero-order valence-electron chi connectivity index (χ0n) is 15.5. The average Bonchev–Trinajstić information content (AvgIpc) is 3.29. The normalized spacial score (nSPS) is 30.9. The molecule has 3 heterocycles. The fourth-order valence-electron chi connectivity index (χ4n) is 4.66. The van der Waals surface area contributed by atoms with Crippen molar-refractivity contribution in [2.45, 2.75) is 19.8 Å². The molecular formula is C21H17O7Si-. The molecule has 1 aliphatic carbocycles. The van der Waals surface area contributed by atoms with E-state index in [0.29, 0.717) is 34.6 Å². The van der Waals surface area contributed by atoms with Crippen molar-refractivity contribution in [1.29, 1.82) is 0 Å². The first-order chi connectivity index (χ1) is 13.9. The van der Waals surface area contributed by atoms with Crippen LogP contribution in [-0.4, -0.2) is 20.3 Å². The molecule has 3 aliphatic heterocycles. The van der Waals surface area contributed by atoms with E-state index < -0.39 is 31.6 Å². The van der Waals surface area contributed by atoms with Gasteiger partial charge in [-0.15, -0.1) is 0 Å². The Morgan fingerprint density at radius 2 is 1.34 bits per heavy atom. The van der Waals surface area contributed by atoms with Gasteiger partial charge in [-0.3, -0.25) is 0 Å². The Morgan fingerprint density at radius 1 is 0.862 bits per heavy atom. The van der Waals surface area contributed by atoms with E-state index in [1.165, 1.54) is 0 Å². The van der Waals surface area contributed by atoms with Crippen molar-refractivity contribution in [2.24, 2.45) is 11.3 Å². The number of benzene rings is 2. The van der Waals surface area contributed by atoms with E-state index in [1.54, 1.807) is 31.2 Å². The first-order valence-electron chi connectivity index (χ1n) is 9.49. The van der Waals surface area contributed by atoms with Crippen LogP contribution >= 0.6 is 0 Å². The monoisotopic (exact) mass is 409 g/mol. The molecule has 29 heavy (non-hydrogen) atoms. The van der Waals surface area contributed by atoms with Crippen molar-refractivity contribution in [1.82, 2.24) is 0 Å². The van der Waals surface area contributed by atoms with Crippen LogP contribution in [-0.2, 0) is 14.3 Å². The SMILES string of the molecule is CC12CC([Si-]34(Oc5ccccc5O3)Oc3ccccc3O4)=CCC1C(=O)OC2=O. The van der Waals surface area contributed by atoms with Gasteiger partial charge < -0.3 is 0 Å². The summed E-state index contributed by atoms with van der Waals surface area (Å²) in [6.45, 7) is 1.74. The van der Waals surface area contributed by atoms with Crippen molar-refractivity contribution in [3.8, 4) is 23.0 Å². The Morgan fingerprint density at radius 3 is 1.83 bits per heavy atom. The summed E-state index contributed by atoms with van der Waals surface area (Å²) < 4.78 is 30.5. The third-order valence-electron chi connectivity index (χ3n) is 6.24. The Balaban J connectivity index is 1.52. The van der Waals surface area contributed by atoms with E-state index in [2.05, 4.69) is 0 Å². The molecule has 1 fully saturated rings. The molecule has 2 atom stereocenters. The first-order valence-corrected chi connectivity index (χ1v) is 11.6. The summed E-state index contributed by atoms with van der Waals surface area (Å²) in [5.74, 6) is 0.525. The van der Waals surface area contributed by atoms with Crippen molar-refractivity contribution < 1.29 is 32.0 Å². The second kappa shape index (κ2) is 5.01. The predicted octanol–water partition coefficient (Wildman–Crippen LogP) is 3.28. The third-order valence-corrected chi connectivity index (χ3v) is 9.96. The number of para-hydroxylation sites is 4. The Hall–Kier alpha value is -3.26.